The highest BCUT2D eigenvalue weighted by atomic mass is 32.3. The molecule has 0 radical (unpaired) electrons. The fourth-order valence-electron chi connectivity index (χ4n) is 7.45. The molecule has 0 aliphatic carbocycles. The second-order valence-corrected chi connectivity index (χ2v) is 17.4. The van der Waals surface area contributed by atoms with Gasteiger partial charge in [-0.2, -0.15) is 8.42 Å². The van der Waals surface area contributed by atoms with Crippen LogP contribution in [0.25, 0.3) is 0 Å². The molecule has 57 heavy (non-hydrogen) atoms. The number of ether oxygens (including phenoxy) is 2. The van der Waals surface area contributed by atoms with Crippen LogP contribution in [0.4, 0.5) is 0 Å². The molecule has 1 amide bonds. The minimum absolute atomic E-state index is 0.260. The molecule has 0 aromatic carbocycles. The van der Waals surface area contributed by atoms with Crippen molar-refractivity contribution in [2.75, 3.05) is 13.2 Å². The predicted octanol–water partition coefficient (Wildman–Crippen LogP) is 8.77. The number of carbonyl (C=O) groups is 1. The highest BCUT2D eigenvalue weighted by Gasteiger charge is 2.48. The number of hydrogen-bond acceptors (Lipinski definition) is 10. The van der Waals surface area contributed by atoms with E-state index in [0.717, 1.165) is 38.5 Å². The number of carbonyl (C=O) groups excluding carboxylic acids is 1. The lowest BCUT2D eigenvalue weighted by Crippen LogP contribution is -2.61. The number of hydrogen-bond donors (Lipinski definition) is 6. The van der Waals surface area contributed by atoms with Gasteiger partial charge in [0.25, 0.3) is 0 Å². The summed E-state index contributed by atoms with van der Waals surface area (Å²) in [6.45, 7) is 3.38. The summed E-state index contributed by atoms with van der Waals surface area (Å²) < 4.78 is 47.5. The fraction of sp³-hybridized carbons (Fsp3) is 0.932. The summed E-state index contributed by atoms with van der Waals surface area (Å²) in [6.07, 6.45) is 29.6. The van der Waals surface area contributed by atoms with Gasteiger partial charge in [-0.1, -0.05) is 193 Å². The van der Waals surface area contributed by atoms with Gasteiger partial charge >= 0.3 is 10.4 Å². The Balaban J connectivity index is 2.51. The average molecular weight is 836 g/mol. The van der Waals surface area contributed by atoms with Crippen LogP contribution in [0.1, 0.15) is 206 Å². The van der Waals surface area contributed by atoms with Crippen molar-refractivity contribution in [3.05, 3.63) is 12.2 Å². The largest absolute Gasteiger partial charge is 0.397 e. The SMILES string of the molecule is CCCCCCCCCCCCC/C=C/C(O)C(COC1OC(CO)C(O)C(OS(=O)(=O)O)C1O)NC(=O)CCCCCCCCCCCCCCCCCCC. The van der Waals surface area contributed by atoms with Crippen molar-refractivity contribution in [1.29, 1.82) is 0 Å². The second-order valence-electron chi connectivity index (χ2n) is 16.4. The first-order valence-corrected chi connectivity index (χ1v) is 24.4. The van der Waals surface area contributed by atoms with Crippen LogP contribution < -0.4 is 5.32 Å². The molecule has 7 unspecified atom stereocenters. The first-order chi connectivity index (χ1) is 27.5. The first-order valence-electron chi connectivity index (χ1n) is 23.1. The first kappa shape index (κ1) is 53.9. The van der Waals surface area contributed by atoms with Crippen molar-refractivity contribution in [3.8, 4) is 0 Å². The van der Waals surface area contributed by atoms with Gasteiger partial charge in [-0.3, -0.25) is 9.35 Å². The van der Waals surface area contributed by atoms with Crippen molar-refractivity contribution < 1.29 is 51.8 Å². The van der Waals surface area contributed by atoms with Crippen LogP contribution in [0.15, 0.2) is 12.2 Å². The summed E-state index contributed by atoms with van der Waals surface area (Å²) in [7, 11) is -5.08. The maximum Gasteiger partial charge on any atom is 0.397 e. The average Bonchev–Trinajstić information content (AvgIpc) is 3.18. The van der Waals surface area contributed by atoms with E-state index in [1.807, 2.05) is 6.08 Å². The van der Waals surface area contributed by atoms with Crippen molar-refractivity contribution in [1.82, 2.24) is 5.32 Å². The fourth-order valence-corrected chi connectivity index (χ4v) is 7.96. The molecule has 1 aliphatic rings. The van der Waals surface area contributed by atoms with Crippen LogP contribution in [0.3, 0.4) is 0 Å². The van der Waals surface area contributed by atoms with E-state index in [9.17, 15) is 33.6 Å². The van der Waals surface area contributed by atoms with Gasteiger partial charge in [0.1, 0.15) is 24.4 Å². The zero-order chi connectivity index (χ0) is 42.0. The molecule has 0 aromatic rings. The van der Waals surface area contributed by atoms with Gasteiger partial charge in [0.2, 0.25) is 5.91 Å². The molecule has 13 heteroatoms. The molecule has 1 fully saturated rings. The van der Waals surface area contributed by atoms with Gasteiger partial charge in [-0.25, -0.2) is 4.18 Å². The van der Waals surface area contributed by atoms with Crippen LogP contribution in [0.5, 0.6) is 0 Å². The minimum atomic E-state index is -5.08. The maximum absolute atomic E-state index is 13.0. The van der Waals surface area contributed by atoms with Crippen LogP contribution in [-0.2, 0) is 28.9 Å². The van der Waals surface area contributed by atoms with Crippen LogP contribution in [0, 0.1) is 0 Å². The summed E-state index contributed by atoms with van der Waals surface area (Å²) in [5.74, 6) is -0.260. The predicted molar refractivity (Wildman–Crippen MR) is 227 cm³/mol. The van der Waals surface area contributed by atoms with Crippen LogP contribution in [0.2, 0.25) is 0 Å². The number of allylic oxidation sites excluding steroid dienone is 1. The molecule has 6 N–H and O–H groups in total. The summed E-state index contributed by atoms with van der Waals surface area (Å²) >= 11 is 0. The van der Waals surface area contributed by atoms with E-state index in [2.05, 4.69) is 23.3 Å². The van der Waals surface area contributed by atoms with E-state index >= 15 is 0 Å². The van der Waals surface area contributed by atoms with E-state index in [0.29, 0.717) is 6.42 Å². The molecular formula is C44H85NO11S. The van der Waals surface area contributed by atoms with Gasteiger partial charge in [0.15, 0.2) is 6.29 Å². The minimum Gasteiger partial charge on any atom is -0.394 e. The van der Waals surface area contributed by atoms with E-state index in [-0.39, 0.29) is 18.9 Å². The topological polar surface area (TPSA) is 192 Å². The molecule has 1 rings (SSSR count). The number of unbranched alkanes of at least 4 members (excludes halogenated alkanes) is 27. The Morgan fingerprint density at radius 3 is 1.53 bits per heavy atom. The summed E-state index contributed by atoms with van der Waals surface area (Å²) in [5, 5.41) is 44.6. The van der Waals surface area contributed by atoms with Gasteiger partial charge < -0.3 is 35.2 Å². The lowest BCUT2D eigenvalue weighted by atomic mass is 9.99. The number of amides is 1. The Hall–Kier alpha value is -1.16. The van der Waals surface area contributed by atoms with E-state index < -0.39 is 59.9 Å². The van der Waals surface area contributed by atoms with Crippen molar-refractivity contribution in [2.24, 2.45) is 0 Å². The molecule has 0 spiro atoms. The standard InChI is InChI=1S/C44H85NO11S/c1-3-5-7-9-11-13-15-17-18-19-20-22-24-26-28-30-32-34-40(48)45-37(38(47)33-31-29-27-25-23-21-16-14-12-10-8-6-4-2)36-54-44-42(50)43(56-57(51,52)53)41(49)39(35-46)55-44/h31,33,37-39,41-44,46-47,49-50H,3-30,32,34-36H2,1-2H3,(H,45,48)(H,51,52,53)/b33-31+. The third-order valence-electron chi connectivity index (χ3n) is 11.1. The Bertz CT molecular complexity index is 1080. The van der Waals surface area contributed by atoms with Gasteiger partial charge in [0.05, 0.1) is 25.4 Å². The normalized spacial score (nSPS) is 21.3. The van der Waals surface area contributed by atoms with Crippen LogP contribution in [-0.4, -0.2) is 95.4 Å². The number of aliphatic hydroxyl groups excluding tert-OH is 4. The van der Waals surface area contributed by atoms with Crippen molar-refractivity contribution in [2.45, 2.75) is 249 Å². The lowest BCUT2D eigenvalue weighted by molar-refractivity contribution is -0.298. The summed E-state index contributed by atoms with van der Waals surface area (Å²) in [4.78, 5) is 13.0. The third kappa shape index (κ3) is 28.9. The molecule has 1 saturated heterocycles. The molecule has 0 bridgehead atoms. The molecular weight excluding hydrogens is 751 g/mol. The molecule has 1 aliphatic heterocycles. The molecule has 12 nitrogen and oxygen atoms in total. The van der Waals surface area contributed by atoms with Gasteiger partial charge in [-0.05, 0) is 19.3 Å². The van der Waals surface area contributed by atoms with Crippen molar-refractivity contribution in [3.63, 3.8) is 0 Å². The highest BCUT2D eigenvalue weighted by molar-refractivity contribution is 7.80. The van der Waals surface area contributed by atoms with E-state index in [1.165, 1.54) is 141 Å². The molecule has 1 heterocycles. The molecule has 0 aromatic heterocycles. The Kier molecular flexibility index (Phi) is 33.6. The highest BCUT2D eigenvalue weighted by Crippen LogP contribution is 2.26. The van der Waals surface area contributed by atoms with E-state index in [1.54, 1.807) is 6.08 Å². The van der Waals surface area contributed by atoms with Gasteiger partial charge in [-0.15, -0.1) is 0 Å². The maximum atomic E-state index is 13.0. The quantitative estimate of drug-likeness (QED) is 0.0197. The zero-order valence-corrected chi connectivity index (χ0v) is 36.7. The molecule has 0 saturated carbocycles. The Morgan fingerprint density at radius 1 is 0.684 bits per heavy atom. The smallest absolute Gasteiger partial charge is 0.394 e. The zero-order valence-electron chi connectivity index (χ0n) is 35.9. The van der Waals surface area contributed by atoms with E-state index in [4.69, 9.17) is 14.0 Å². The molecule has 7 atom stereocenters. The molecule has 338 valence electrons. The number of rotatable bonds is 39. The third-order valence-corrected chi connectivity index (χ3v) is 11.5. The number of aliphatic hydroxyl groups is 4. The van der Waals surface area contributed by atoms with Gasteiger partial charge in [0, 0.05) is 6.42 Å². The number of nitrogens with one attached hydrogen (secondary N) is 1. The summed E-state index contributed by atoms with van der Waals surface area (Å²) in [5.41, 5.74) is 0. The Labute approximate surface area is 347 Å². The second kappa shape index (κ2) is 35.6. The lowest BCUT2D eigenvalue weighted by Gasteiger charge is -2.41. The van der Waals surface area contributed by atoms with Crippen molar-refractivity contribution >= 4 is 16.3 Å². The monoisotopic (exact) mass is 836 g/mol. The Morgan fingerprint density at radius 2 is 1.11 bits per heavy atom. The van der Waals surface area contributed by atoms with Crippen LogP contribution >= 0.6 is 0 Å². The summed E-state index contributed by atoms with van der Waals surface area (Å²) in [6, 6.07) is -0.937.